The zero-order valence-corrected chi connectivity index (χ0v) is 12.4. The molecule has 0 fully saturated rings. The standard InChI is InChI=1S/C16H20N4/c1-10(2)12(4)17-16-13-7-5-6-8-14(13)20-15(18-16)9-11(3)19-20/h5-10,12H,1-4H3,(H,17,18)/t12-/m1/s1. The van der Waals surface area contributed by atoms with Crippen LogP contribution in [-0.2, 0) is 0 Å². The van der Waals surface area contributed by atoms with E-state index in [0.29, 0.717) is 12.0 Å². The fourth-order valence-electron chi connectivity index (χ4n) is 2.27. The molecule has 0 aliphatic rings. The molecule has 3 aromatic rings. The molecule has 4 heteroatoms. The monoisotopic (exact) mass is 268 g/mol. The molecule has 4 nitrogen and oxygen atoms in total. The maximum Gasteiger partial charge on any atom is 0.158 e. The first-order valence-electron chi connectivity index (χ1n) is 7.08. The molecule has 2 aromatic heterocycles. The molecular weight excluding hydrogens is 248 g/mol. The number of nitrogens with zero attached hydrogens (tertiary/aromatic N) is 3. The molecule has 104 valence electrons. The predicted octanol–water partition coefficient (Wildman–Crippen LogP) is 3.65. The summed E-state index contributed by atoms with van der Waals surface area (Å²) in [5.74, 6) is 1.49. The third kappa shape index (κ3) is 2.11. The molecule has 0 amide bonds. The van der Waals surface area contributed by atoms with Gasteiger partial charge in [-0.3, -0.25) is 0 Å². The van der Waals surface area contributed by atoms with Crippen molar-refractivity contribution in [2.75, 3.05) is 5.32 Å². The summed E-state index contributed by atoms with van der Waals surface area (Å²) in [6.45, 7) is 8.60. The second-order valence-corrected chi connectivity index (χ2v) is 5.71. The summed E-state index contributed by atoms with van der Waals surface area (Å²) in [5.41, 5.74) is 2.96. The maximum atomic E-state index is 4.74. The topological polar surface area (TPSA) is 42.2 Å². The minimum atomic E-state index is 0.373. The van der Waals surface area contributed by atoms with Crippen LogP contribution >= 0.6 is 0 Å². The van der Waals surface area contributed by atoms with Crippen molar-refractivity contribution in [1.29, 1.82) is 0 Å². The number of anilines is 1. The summed E-state index contributed by atoms with van der Waals surface area (Å²) >= 11 is 0. The van der Waals surface area contributed by atoms with Gasteiger partial charge < -0.3 is 5.32 Å². The van der Waals surface area contributed by atoms with Gasteiger partial charge in [0.2, 0.25) is 0 Å². The second kappa shape index (κ2) is 4.78. The summed E-state index contributed by atoms with van der Waals surface area (Å²) in [6.07, 6.45) is 0. The van der Waals surface area contributed by atoms with Crippen molar-refractivity contribution in [2.24, 2.45) is 5.92 Å². The Hall–Kier alpha value is -2.10. The highest BCUT2D eigenvalue weighted by atomic mass is 15.3. The van der Waals surface area contributed by atoms with Crippen LogP contribution in [0, 0.1) is 12.8 Å². The molecule has 1 N–H and O–H groups in total. The number of fused-ring (bicyclic) bond motifs is 3. The van der Waals surface area contributed by atoms with Crippen molar-refractivity contribution in [3.8, 4) is 0 Å². The Bertz CT molecular complexity index is 758. The second-order valence-electron chi connectivity index (χ2n) is 5.71. The van der Waals surface area contributed by atoms with Crippen LogP contribution in [0.1, 0.15) is 26.5 Å². The number of para-hydroxylation sites is 1. The molecular formula is C16H20N4. The number of hydrogen-bond donors (Lipinski definition) is 1. The average Bonchev–Trinajstić information content (AvgIpc) is 2.79. The molecule has 0 aliphatic carbocycles. The number of hydrogen-bond acceptors (Lipinski definition) is 3. The SMILES string of the molecule is Cc1cc2nc(N[C@H](C)C(C)C)c3ccccc3n2n1. The quantitative estimate of drug-likeness (QED) is 0.788. The Balaban J connectivity index is 2.23. The molecule has 2 heterocycles. The average molecular weight is 268 g/mol. The van der Waals surface area contributed by atoms with Crippen molar-refractivity contribution < 1.29 is 0 Å². The summed E-state index contributed by atoms with van der Waals surface area (Å²) < 4.78 is 1.91. The third-order valence-corrected chi connectivity index (χ3v) is 3.79. The molecule has 0 unspecified atom stereocenters. The Labute approximate surface area is 118 Å². The minimum Gasteiger partial charge on any atom is -0.367 e. The van der Waals surface area contributed by atoms with Crippen LogP contribution in [0.2, 0.25) is 0 Å². The first kappa shape index (κ1) is 12.9. The summed E-state index contributed by atoms with van der Waals surface area (Å²) in [5, 5.41) is 9.16. The first-order chi connectivity index (χ1) is 9.56. The van der Waals surface area contributed by atoms with E-state index in [9.17, 15) is 0 Å². The molecule has 0 saturated heterocycles. The fourth-order valence-corrected chi connectivity index (χ4v) is 2.27. The van der Waals surface area contributed by atoms with Gasteiger partial charge in [0.1, 0.15) is 5.82 Å². The van der Waals surface area contributed by atoms with Crippen LogP contribution in [-0.4, -0.2) is 20.6 Å². The van der Waals surface area contributed by atoms with E-state index < -0.39 is 0 Å². The Morgan fingerprint density at radius 2 is 1.90 bits per heavy atom. The zero-order valence-electron chi connectivity index (χ0n) is 12.4. The number of benzene rings is 1. The van der Waals surface area contributed by atoms with E-state index >= 15 is 0 Å². The van der Waals surface area contributed by atoms with Crippen molar-refractivity contribution >= 4 is 22.4 Å². The molecule has 0 saturated carbocycles. The van der Waals surface area contributed by atoms with E-state index in [1.165, 1.54) is 0 Å². The van der Waals surface area contributed by atoms with Crippen molar-refractivity contribution in [1.82, 2.24) is 14.6 Å². The van der Waals surface area contributed by atoms with Gasteiger partial charge in [0.25, 0.3) is 0 Å². The van der Waals surface area contributed by atoms with Crippen LogP contribution < -0.4 is 5.32 Å². The Morgan fingerprint density at radius 1 is 1.15 bits per heavy atom. The van der Waals surface area contributed by atoms with Crippen molar-refractivity contribution in [3.63, 3.8) is 0 Å². The molecule has 20 heavy (non-hydrogen) atoms. The summed E-state index contributed by atoms with van der Waals surface area (Å²) in [7, 11) is 0. The molecule has 3 rings (SSSR count). The largest absolute Gasteiger partial charge is 0.367 e. The maximum absolute atomic E-state index is 4.74. The van der Waals surface area contributed by atoms with Crippen LogP contribution in [0.4, 0.5) is 5.82 Å². The summed E-state index contributed by atoms with van der Waals surface area (Å²) in [4.78, 5) is 4.74. The zero-order chi connectivity index (χ0) is 14.3. The van der Waals surface area contributed by atoms with Crippen molar-refractivity contribution in [2.45, 2.75) is 33.7 Å². The lowest BCUT2D eigenvalue weighted by Gasteiger charge is -2.19. The van der Waals surface area contributed by atoms with Gasteiger partial charge in [0, 0.05) is 17.5 Å². The third-order valence-electron chi connectivity index (χ3n) is 3.79. The van der Waals surface area contributed by atoms with E-state index in [2.05, 4.69) is 43.3 Å². The van der Waals surface area contributed by atoms with E-state index in [-0.39, 0.29) is 0 Å². The van der Waals surface area contributed by atoms with Crippen LogP contribution in [0.5, 0.6) is 0 Å². The highest BCUT2D eigenvalue weighted by Gasteiger charge is 2.13. The van der Waals surface area contributed by atoms with E-state index in [1.54, 1.807) is 0 Å². The number of rotatable bonds is 3. The smallest absolute Gasteiger partial charge is 0.158 e. The van der Waals surface area contributed by atoms with Gasteiger partial charge in [-0.1, -0.05) is 26.0 Å². The van der Waals surface area contributed by atoms with Gasteiger partial charge in [-0.25, -0.2) is 9.50 Å². The minimum absolute atomic E-state index is 0.373. The normalized spacial score (nSPS) is 13.2. The van der Waals surface area contributed by atoms with Crippen LogP contribution in [0.25, 0.3) is 16.6 Å². The molecule has 0 spiro atoms. The Morgan fingerprint density at radius 3 is 2.65 bits per heavy atom. The van der Waals surface area contributed by atoms with E-state index in [0.717, 1.165) is 28.1 Å². The predicted molar refractivity (Wildman–Crippen MR) is 83.2 cm³/mol. The van der Waals surface area contributed by atoms with Gasteiger partial charge in [-0.05, 0) is 31.9 Å². The number of nitrogens with one attached hydrogen (secondary N) is 1. The van der Waals surface area contributed by atoms with Gasteiger partial charge in [0.05, 0.1) is 11.2 Å². The summed E-state index contributed by atoms with van der Waals surface area (Å²) in [6, 6.07) is 10.6. The van der Waals surface area contributed by atoms with Crippen LogP contribution in [0.3, 0.4) is 0 Å². The van der Waals surface area contributed by atoms with Crippen LogP contribution in [0.15, 0.2) is 30.3 Å². The lowest BCUT2D eigenvalue weighted by Crippen LogP contribution is -2.22. The molecule has 0 aliphatic heterocycles. The number of aromatic nitrogens is 3. The molecule has 1 atom stereocenters. The molecule has 1 aromatic carbocycles. The van der Waals surface area contributed by atoms with E-state index in [4.69, 9.17) is 4.98 Å². The first-order valence-corrected chi connectivity index (χ1v) is 7.08. The lowest BCUT2D eigenvalue weighted by atomic mass is 10.1. The van der Waals surface area contributed by atoms with E-state index in [1.807, 2.05) is 29.6 Å². The van der Waals surface area contributed by atoms with Gasteiger partial charge in [0.15, 0.2) is 5.65 Å². The van der Waals surface area contributed by atoms with Gasteiger partial charge in [-0.15, -0.1) is 0 Å². The highest BCUT2D eigenvalue weighted by Crippen LogP contribution is 2.24. The molecule has 0 bridgehead atoms. The van der Waals surface area contributed by atoms with Gasteiger partial charge >= 0.3 is 0 Å². The van der Waals surface area contributed by atoms with Gasteiger partial charge in [-0.2, -0.15) is 5.10 Å². The number of aryl methyl sites for hydroxylation is 1. The highest BCUT2D eigenvalue weighted by molar-refractivity contribution is 5.91. The lowest BCUT2D eigenvalue weighted by molar-refractivity contribution is 0.559. The molecule has 0 radical (unpaired) electrons. The fraction of sp³-hybridized carbons (Fsp3) is 0.375. The Kier molecular flexibility index (Phi) is 3.08. The van der Waals surface area contributed by atoms with Crippen molar-refractivity contribution in [3.05, 3.63) is 36.0 Å².